The summed E-state index contributed by atoms with van der Waals surface area (Å²) < 4.78 is 5.40. The van der Waals surface area contributed by atoms with Gasteiger partial charge in [0.15, 0.2) is 0 Å². The van der Waals surface area contributed by atoms with Crippen LogP contribution in [0, 0.1) is 6.92 Å². The summed E-state index contributed by atoms with van der Waals surface area (Å²) in [6, 6.07) is 0. The Morgan fingerprint density at radius 2 is 2.43 bits per heavy atom. The molecule has 1 aromatic rings. The fourth-order valence-corrected chi connectivity index (χ4v) is 1.85. The Morgan fingerprint density at radius 1 is 1.64 bits per heavy atom. The largest absolute Gasteiger partial charge is 0.377 e. The Balaban J connectivity index is 2.15. The summed E-state index contributed by atoms with van der Waals surface area (Å²) in [7, 11) is 0. The molecule has 80 valence electrons. The summed E-state index contributed by atoms with van der Waals surface area (Å²) >= 11 is 1.69. The standard InChI is InChI=1S/C10H18N2OS/c1-4-13-8(2)5-11-6-10-7-14-9(3)12-10/h7-8,11H,4-6H2,1-3H3. The number of nitrogens with one attached hydrogen (secondary N) is 1. The quantitative estimate of drug-likeness (QED) is 0.786. The molecule has 4 heteroatoms. The van der Waals surface area contributed by atoms with Crippen LogP contribution in [0.15, 0.2) is 5.38 Å². The number of hydrogen-bond acceptors (Lipinski definition) is 4. The smallest absolute Gasteiger partial charge is 0.0897 e. The van der Waals surface area contributed by atoms with Gasteiger partial charge in [0.1, 0.15) is 0 Å². The van der Waals surface area contributed by atoms with E-state index in [2.05, 4.69) is 22.6 Å². The lowest BCUT2D eigenvalue weighted by atomic mass is 10.4. The summed E-state index contributed by atoms with van der Waals surface area (Å²) in [5.41, 5.74) is 1.12. The molecule has 14 heavy (non-hydrogen) atoms. The van der Waals surface area contributed by atoms with Gasteiger partial charge in [-0.05, 0) is 20.8 Å². The van der Waals surface area contributed by atoms with Gasteiger partial charge in [-0.25, -0.2) is 4.98 Å². The van der Waals surface area contributed by atoms with Crippen LogP contribution in [0.3, 0.4) is 0 Å². The molecule has 1 heterocycles. The fourth-order valence-electron chi connectivity index (χ4n) is 1.24. The maximum Gasteiger partial charge on any atom is 0.0897 e. The van der Waals surface area contributed by atoms with Crippen molar-refractivity contribution in [1.29, 1.82) is 0 Å². The third-order valence-corrected chi connectivity index (χ3v) is 2.68. The first kappa shape index (κ1) is 11.6. The zero-order valence-corrected chi connectivity index (χ0v) is 9.86. The topological polar surface area (TPSA) is 34.1 Å². The molecule has 1 atom stereocenters. The Kier molecular flexibility index (Phi) is 5.07. The molecule has 1 N–H and O–H groups in total. The van der Waals surface area contributed by atoms with Gasteiger partial charge < -0.3 is 10.1 Å². The Labute approximate surface area is 89.5 Å². The molecule has 0 aliphatic rings. The van der Waals surface area contributed by atoms with Gasteiger partial charge in [-0.3, -0.25) is 0 Å². The minimum atomic E-state index is 0.278. The van der Waals surface area contributed by atoms with Crippen LogP contribution in [0.1, 0.15) is 24.5 Å². The number of aromatic nitrogens is 1. The van der Waals surface area contributed by atoms with Crippen molar-refractivity contribution in [3.8, 4) is 0 Å². The van der Waals surface area contributed by atoms with E-state index in [9.17, 15) is 0 Å². The predicted octanol–water partition coefficient (Wildman–Crippen LogP) is 1.97. The van der Waals surface area contributed by atoms with E-state index in [1.807, 2.05) is 13.8 Å². The first-order valence-corrected chi connectivity index (χ1v) is 5.83. The second-order valence-corrected chi connectivity index (χ2v) is 4.32. The molecule has 3 nitrogen and oxygen atoms in total. The summed E-state index contributed by atoms with van der Waals surface area (Å²) in [4.78, 5) is 4.37. The lowest BCUT2D eigenvalue weighted by Gasteiger charge is -2.11. The highest BCUT2D eigenvalue weighted by molar-refractivity contribution is 7.09. The van der Waals surface area contributed by atoms with Crippen molar-refractivity contribution in [2.45, 2.75) is 33.4 Å². The van der Waals surface area contributed by atoms with Crippen molar-refractivity contribution >= 4 is 11.3 Å². The van der Waals surface area contributed by atoms with Crippen molar-refractivity contribution in [2.24, 2.45) is 0 Å². The SMILES string of the molecule is CCOC(C)CNCc1csc(C)n1. The van der Waals surface area contributed by atoms with Crippen LogP contribution in [-0.2, 0) is 11.3 Å². The van der Waals surface area contributed by atoms with Gasteiger partial charge in [0.05, 0.1) is 16.8 Å². The van der Waals surface area contributed by atoms with Crippen LogP contribution in [0.2, 0.25) is 0 Å². The number of thiazole rings is 1. The molecular formula is C10H18N2OS. The van der Waals surface area contributed by atoms with Crippen LogP contribution in [0.25, 0.3) is 0 Å². The van der Waals surface area contributed by atoms with E-state index < -0.39 is 0 Å². The molecule has 0 spiro atoms. The highest BCUT2D eigenvalue weighted by atomic mass is 32.1. The third-order valence-electron chi connectivity index (χ3n) is 1.86. The average molecular weight is 214 g/mol. The fraction of sp³-hybridized carbons (Fsp3) is 0.700. The summed E-state index contributed by atoms with van der Waals surface area (Å²) in [6.45, 7) is 8.60. The molecule has 0 fully saturated rings. The highest BCUT2D eigenvalue weighted by Crippen LogP contribution is 2.07. The maximum absolute atomic E-state index is 5.40. The second kappa shape index (κ2) is 6.11. The molecule has 1 aromatic heterocycles. The Morgan fingerprint density at radius 3 is 3.00 bits per heavy atom. The van der Waals surface area contributed by atoms with Crippen molar-refractivity contribution in [3.63, 3.8) is 0 Å². The van der Waals surface area contributed by atoms with E-state index >= 15 is 0 Å². The van der Waals surface area contributed by atoms with Gasteiger partial charge in [-0.2, -0.15) is 0 Å². The molecule has 0 aliphatic carbocycles. The minimum Gasteiger partial charge on any atom is -0.377 e. The number of ether oxygens (including phenoxy) is 1. The zero-order chi connectivity index (χ0) is 10.4. The lowest BCUT2D eigenvalue weighted by molar-refractivity contribution is 0.0759. The third kappa shape index (κ3) is 4.17. The molecule has 0 radical (unpaired) electrons. The first-order chi connectivity index (χ1) is 6.72. The Bertz CT molecular complexity index is 262. The monoisotopic (exact) mass is 214 g/mol. The van der Waals surface area contributed by atoms with Crippen LogP contribution in [0.4, 0.5) is 0 Å². The lowest BCUT2D eigenvalue weighted by Crippen LogP contribution is -2.26. The Hall–Kier alpha value is -0.450. The molecule has 0 saturated carbocycles. The molecule has 1 unspecified atom stereocenters. The second-order valence-electron chi connectivity index (χ2n) is 3.25. The van der Waals surface area contributed by atoms with Crippen LogP contribution in [0.5, 0.6) is 0 Å². The minimum absolute atomic E-state index is 0.278. The summed E-state index contributed by atoms with van der Waals surface area (Å²) in [6.07, 6.45) is 0.278. The van der Waals surface area contributed by atoms with Crippen molar-refractivity contribution < 1.29 is 4.74 Å². The van der Waals surface area contributed by atoms with Crippen molar-refractivity contribution in [1.82, 2.24) is 10.3 Å². The molecular weight excluding hydrogens is 196 g/mol. The van der Waals surface area contributed by atoms with Gasteiger partial charge in [-0.1, -0.05) is 0 Å². The number of hydrogen-bond donors (Lipinski definition) is 1. The van der Waals surface area contributed by atoms with Crippen LogP contribution in [-0.4, -0.2) is 24.2 Å². The number of nitrogens with zero attached hydrogens (tertiary/aromatic N) is 1. The van der Waals surface area contributed by atoms with E-state index in [1.165, 1.54) is 0 Å². The van der Waals surface area contributed by atoms with E-state index in [4.69, 9.17) is 4.74 Å². The molecule has 0 aliphatic heterocycles. The van der Waals surface area contributed by atoms with E-state index in [0.717, 1.165) is 30.4 Å². The van der Waals surface area contributed by atoms with Gasteiger partial charge in [0.2, 0.25) is 0 Å². The van der Waals surface area contributed by atoms with E-state index in [0.29, 0.717) is 0 Å². The predicted molar refractivity (Wildman–Crippen MR) is 59.6 cm³/mol. The molecule has 0 saturated heterocycles. The highest BCUT2D eigenvalue weighted by Gasteiger charge is 2.01. The average Bonchev–Trinajstić information content (AvgIpc) is 2.52. The van der Waals surface area contributed by atoms with Crippen molar-refractivity contribution in [2.75, 3.05) is 13.2 Å². The normalized spacial score (nSPS) is 13.1. The number of rotatable bonds is 6. The van der Waals surface area contributed by atoms with Gasteiger partial charge >= 0.3 is 0 Å². The maximum atomic E-state index is 5.40. The molecule has 0 aromatic carbocycles. The summed E-state index contributed by atoms with van der Waals surface area (Å²) in [5.74, 6) is 0. The first-order valence-electron chi connectivity index (χ1n) is 4.95. The van der Waals surface area contributed by atoms with Gasteiger partial charge in [-0.15, -0.1) is 11.3 Å². The van der Waals surface area contributed by atoms with Crippen LogP contribution >= 0.6 is 11.3 Å². The van der Waals surface area contributed by atoms with Gasteiger partial charge in [0.25, 0.3) is 0 Å². The molecule has 0 amide bonds. The molecule has 0 bridgehead atoms. The van der Waals surface area contributed by atoms with Gasteiger partial charge in [0, 0.05) is 25.1 Å². The summed E-state index contributed by atoms with van der Waals surface area (Å²) in [5, 5.41) is 6.53. The van der Waals surface area contributed by atoms with Crippen molar-refractivity contribution in [3.05, 3.63) is 16.1 Å². The van der Waals surface area contributed by atoms with Crippen LogP contribution < -0.4 is 5.32 Å². The zero-order valence-electron chi connectivity index (χ0n) is 9.04. The molecule has 1 rings (SSSR count). The van der Waals surface area contributed by atoms with E-state index in [-0.39, 0.29) is 6.10 Å². The van der Waals surface area contributed by atoms with E-state index in [1.54, 1.807) is 11.3 Å². The number of aryl methyl sites for hydroxylation is 1.